The van der Waals surface area contributed by atoms with E-state index in [-0.39, 0.29) is 17.2 Å². The van der Waals surface area contributed by atoms with Crippen molar-refractivity contribution in [3.63, 3.8) is 0 Å². The zero-order chi connectivity index (χ0) is 22.9. The molecule has 2 atom stereocenters. The predicted octanol–water partition coefficient (Wildman–Crippen LogP) is 6.66. The second-order valence-electron chi connectivity index (χ2n) is 9.45. The first-order valence-corrected chi connectivity index (χ1v) is 13.9. The first kappa shape index (κ1) is 25.2. The summed E-state index contributed by atoms with van der Waals surface area (Å²) in [5.74, 6) is 0.851. The number of anilines is 1. The molecule has 0 amide bonds. The molecular formula is C26H39NO3Si. The van der Waals surface area contributed by atoms with Gasteiger partial charge in [-0.15, -0.1) is 6.58 Å². The van der Waals surface area contributed by atoms with Gasteiger partial charge in [0.05, 0.1) is 26.4 Å². The summed E-state index contributed by atoms with van der Waals surface area (Å²) >= 11 is 0. The Labute approximate surface area is 189 Å². The summed E-state index contributed by atoms with van der Waals surface area (Å²) in [6.45, 7) is 16.5. The predicted molar refractivity (Wildman–Crippen MR) is 133 cm³/mol. The van der Waals surface area contributed by atoms with Gasteiger partial charge in [0.25, 0.3) is 0 Å². The zero-order valence-electron chi connectivity index (χ0n) is 20.0. The molecular weight excluding hydrogens is 402 g/mol. The first-order chi connectivity index (χ1) is 14.6. The van der Waals surface area contributed by atoms with E-state index in [1.807, 2.05) is 48.5 Å². The second-order valence-corrected chi connectivity index (χ2v) is 14.2. The van der Waals surface area contributed by atoms with E-state index < -0.39 is 8.32 Å². The standard InChI is InChI=1S/C26H39NO3Si/c1-8-22(27-23-12-10-9-11-13-23)18-25(30-31(6,7)26(2,3)4)20-29-19-21-14-16-24(28-5)17-15-21/h8-17,22,25,27H,1,18-20H2,2-7H3/t22-,25-/m1/s1. The highest BCUT2D eigenvalue weighted by atomic mass is 28.4. The first-order valence-electron chi connectivity index (χ1n) is 11.0. The van der Waals surface area contributed by atoms with Gasteiger partial charge < -0.3 is 19.2 Å². The lowest BCUT2D eigenvalue weighted by Gasteiger charge is -2.40. The van der Waals surface area contributed by atoms with Crippen molar-refractivity contribution in [2.75, 3.05) is 19.0 Å². The molecule has 5 heteroatoms. The number of nitrogens with one attached hydrogen (secondary N) is 1. The lowest BCUT2D eigenvalue weighted by atomic mass is 10.1. The normalized spacial score (nSPS) is 14.0. The number of benzene rings is 2. The molecule has 0 heterocycles. The Kier molecular flexibility index (Phi) is 9.35. The number of hydrogen-bond acceptors (Lipinski definition) is 4. The van der Waals surface area contributed by atoms with Gasteiger partial charge >= 0.3 is 0 Å². The van der Waals surface area contributed by atoms with Gasteiger partial charge in [-0.3, -0.25) is 0 Å². The molecule has 0 aliphatic carbocycles. The third kappa shape index (κ3) is 8.17. The van der Waals surface area contributed by atoms with Gasteiger partial charge in [0, 0.05) is 11.7 Å². The molecule has 31 heavy (non-hydrogen) atoms. The van der Waals surface area contributed by atoms with Crippen molar-refractivity contribution < 1.29 is 13.9 Å². The highest BCUT2D eigenvalue weighted by Crippen LogP contribution is 2.38. The zero-order valence-corrected chi connectivity index (χ0v) is 21.0. The van der Waals surface area contributed by atoms with Crippen LogP contribution in [0.4, 0.5) is 5.69 Å². The fourth-order valence-corrected chi connectivity index (χ4v) is 4.37. The van der Waals surface area contributed by atoms with E-state index in [1.165, 1.54) is 0 Å². The molecule has 2 aromatic rings. The topological polar surface area (TPSA) is 39.7 Å². The number of methoxy groups -OCH3 is 1. The SMILES string of the molecule is C=C[C@H](C[C@H](COCc1ccc(OC)cc1)O[Si](C)(C)C(C)(C)C)Nc1ccccc1. The van der Waals surface area contributed by atoms with E-state index in [9.17, 15) is 0 Å². The maximum Gasteiger partial charge on any atom is 0.192 e. The van der Waals surface area contributed by atoms with Crippen molar-refractivity contribution in [1.82, 2.24) is 0 Å². The molecule has 4 nitrogen and oxygen atoms in total. The maximum atomic E-state index is 6.75. The largest absolute Gasteiger partial charge is 0.497 e. The Hall–Kier alpha value is -2.08. The molecule has 0 spiro atoms. The van der Waals surface area contributed by atoms with Gasteiger partial charge in [0.15, 0.2) is 8.32 Å². The summed E-state index contributed by atoms with van der Waals surface area (Å²) in [4.78, 5) is 0. The Bertz CT molecular complexity index is 785. The van der Waals surface area contributed by atoms with E-state index in [2.05, 4.69) is 57.9 Å². The summed E-state index contributed by atoms with van der Waals surface area (Å²) < 4.78 is 18.1. The Morgan fingerprint density at radius 3 is 2.23 bits per heavy atom. The van der Waals surface area contributed by atoms with E-state index in [0.29, 0.717) is 13.2 Å². The number of rotatable bonds is 12. The van der Waals surface area contributed by atoms with Crippen LogP contribution in [0, 0.1) is 0 Å². The van der Waals surface area contributed by atoms with Gasteiger partial charge in [0.1, 0.15) is 5.75 Å². The summed E-state index contributed by atoms with van der Waals surface area (Å²) in [6.07, 6.45) is 2.74. The van der Waals surface area contributed by atoms with Gasteiger partial charge in [-0.25, -0.2) is 0 Å². The van der Waals surface area contributed by atoms with E-state index in [0.717, 1.165) is 23.4 Å². The van der Waals surface area contributed by atoms with E-state index in [4.69, 9.17) is 13.9 Å². The quantitative estimate of drug-likeness (QED) is 0.295. The number of ether oxygens (including phenoxy) is 2. The molecule has 0 saturated carbocycles. The average molecular weight is 442 g/mol. The van der Waals surface area contributed by atoms with Crippen LogP contribution in [0.25, 0.3) is 0 Å². The fraction of sp³-hybridized carbons (Fsp3) is 0.462. The lowest BCUT2D eigenvalue weighted by molar-refractivity contribution is 0.0299. The lowest BCUT2D eigenvalue weighted by Crippen LogP contribution is -2.46. The monoisotopic (exact) mass is 441 g/mol. The summed E-state index contributed by atoms with van der Waals surface area (Å²) in [6, 6.07) is 18.3. The molecule has 0 radical (unpaired) electrons. The summed E-state index contributed by atoms with van der Waals surface area (Å²) in [5.41, 5.74) is 2.20. The number of para-hydroxylation sites is 1. The van der Waals surface area contributed by atoms with Crippen LogP contribution in [0.5, 0.6) is 5.75 Å². The molecule has 0 aromatic heterocycles. The molecule has 0 bridgehead atoms. The minimum Gasteiger partial charge on any atom is -0.497 e. The summed E-state index contributed by atoms with van der Waals surface area (Å²) in [5, 5.41) is 3.69. The van der Waals surface area contributed by atoms with Crippen molar-refractivity contribution in [2.24, 2.45) is 0 Å². The molecule has 170 valence electrons. The maximum absolute atomic E-state index is 6.75. The molecule has 0 unspecified atom stereocenters. The van der Waals surface area contributed by atoms with Crippen LogP contribution in [0.2, 0.25) is 18.1 Å². The Balaban J connectivity index is 2.04. The highest BCUT2D eigenvalue weighted by Gasteiger charge is 2.39. The van der Waals surface area contributed by atoms with Crippen molar-refractivity contribution in [3.8, 4) is 5.75 Å². The molecule has 0 fully saturated rings. The van der Waals surface area contributed by atoms with E-state index in [1.54, 1.807) is 7.11 Å². The van der Waals surface area contributed by atoms with Crippen LogP contribution in [-0.4, -0.2) is 34.2 Å². The van der Waals surface area contributed by atoms with Gasteiger partial charge in [-0.05, 0) is 54.4 Å². The Morgan fingerprint density at radius 2 is 1.68 bits per heavy atom. The molecule has 0 aliphatic rings. The van der Waals surface area contributed by atoms with Crippen LogP contribution in [0.1, 0.15) is 32.8 Å². The van der Waals surface area contributed by atoms with Crippen molar-refractivity contribution in [1.29, 1.82) is 0 Å². The van der Waals surface area contributed by atoms with Crippen LogP contribution < -0.4 is 10.1 Å². The second kappa shape index (κ2) is 11.5. The van der Waals surface area contributed by atoms with Gasteiger partial charge in [0.2, 0.25) is 0 Å². The molecule has 2 aromatic carbocycles. The van der Waals surface area contributed by atoms with Crippen molar-refractivity contribution >= 4 is 14.0 Å². The van der Waals surface area contributed by atoms with Crippen LogP contribution in [-0.2, 0) is 15.8 Å². The van der Waals surface area contributed by atoms with Crippen LogP contribution in [0.3, 0.4) is 0 Å². The van der Waals surface area contributed by atoms with Gasteiger partial charge in [-0.1, -0.05) is 57.2 Å². The smallest absolute Gasteiger partial charge is 0.192 e. The minimum atomic E-state index is -1.94. The Morgan fingerprint density at radius 1 is 1.03 bits per heavy atom. The molecule has 0 saturated heterocycles. The molecule has 1 N–H and O–H groups in total. The molecule has 2 rings (SSSR count). The fourth-order valence-electron chi connectivity index (χ4n) is 3.02. The van der Waals surface area contributed by atoms with Crippen LogP contribution >= 0.6 is 0 Å². The molecule has 0 aliphatic heterocycles. The third-order valence-electron chi connectivity index (χ3n) is 5.93. The van der Waals surface area contributed by atoms with Crippen molar-refractivity contribution in [3.05, 3.63) is 72.8 Å². The average Bonchev–Trinajstić information content (AvgIpc) is 2.73. The van der Waals surface area contributed by atoms with Crippen molar-refractivity contribution in [2.45, 2.75) is 64.1 Å². The van der Waals surface area contributed by atoms with Crippen LogP contribution in [0.15, 0.2) is 67.3 Å². The van der Waals surface area contributed by atoms with Gasteiger partial charge in [-0.2, -0.15) is 0 Å². The number of hydrogen-bond donors (Lipinski definition) is 1. The summed E-state index contributed by atoms with van der Waals surface area (Å²) in [7, 11) is -0.265. The highest BCUT2D eigenvalue weighted by molar-refractivity contribution is 6.74. The third-order valence-corrected chi connectivity index (χ3v) is 10.5. The van der Waals surface area contributed by atoms with E-state index >= 15 is 0 Å². The minimum absolute atomic E-state index is 0.0154.